The van der Waals surface area contributed by atoms with Gasteiger partial charge >= 0.3 is 0 Å². The molecule has 1 aromatic heterocycles. The highest BCUT2D eigenvalue weighted by atomic mass is 16.5. The lowest BCUT2D eigenvalue weighted by atomic mass is 9.88. The fourth-order valence-electron chi connectivity index (χ4n) is 2.39. The molecule has 0 aromatic carbocycles. The van der Waals surface area contributed by atoms with E-state index in [-0.39, 0.29) is 11.3 Å². The van der Waals surface area contributed by atoms with E-state index in [1.54, 1.807) is 6.92 Å². The van der Waals surface area contributed by atoms with Crippen molar-refractivity contribution in [3.63, 3.8) is 0 Å². The summed E-state index contributed by atoms with van der Waals surface area (Å²) in [7, 11) is 0. The van der Waals surface area contributed by atoms with E-state index in [1.165, 1.54) is 0 Å². The number of aromatic nitrogens is 1. The van der Waals surface area contributed by atoms with Gasteiger partial charge in [0.1, 0.15) is 17.0 Å². The third-order valence-corrected chi connectivity index (χ3v) is 3.62. The van der Waals surface area contributed by atoms with Crippen LogP contribution >= 0.6 is 0 Å². The highest BCUT2D eigenvalue weighted by molar-refractivity contribution is 5.96. The van der Waals surface area contributed by atoms with Crippen LogP contribution in [-0.2, 0) is 10.2 Å². The summed E-state index contributed by atoms with van der Waals surface area (Å²) in [6.07, 6.45) is 0. The Kier molecular flexibility index (Phi) is 5.00. The molecule has 0 saturated carbocycles. The van der Waals surface area contributed by atoms with Crippen LogP contribution in [0.4, 0.5) is 0 Å². The second kappa shape index (κ2) is 6.58. The van der Waals surface area contributed by atoms with E-state index in [9.17, 15) is 4.79 Å². The van der Waals surface area contributed by atoms with Gasteiger partial charge in [-0.05, 0) is 6.92 Å². The fourth-order valence-corrected chi connectivity index (χ4v) is 2.39. The molecular weight excluding hydrogens is 270 g/mol. The van der Waals surface area contributed by atoms with Gasteiger partial charge in [0.25, 0.3) is 5.91 Å². The number of aryl methyl sites for hydroxylation is 1. The lowest BCUT2D eigenvalue weighted by Gasteiger charge is -2.26. The van der Waals surface area contributed by atoms with Crippen molar-refractivity contribution in [3.05, 3.63) is 17.0 Å². The Bertz CT molecular complexity index is 485. The zero-order chi connectivity index (χ0) is 15.5. The molecule has 118 valence electrons. The van der Waals surface area contributed by atoms with Crippen LogP contribution in [0.25, 0.3) is 0 Å². The molecule has 0 radical (unpaired) electrons. The first kappa shape index (κ1) is 16.0. The molecule has 21 heavy (non-hydrogen) atoms. The molecule has 0 atom stereocenters. The Labute approximate surface area is 125 Å². The highest BCUT2D eigenvalue weighted by Gasteiger charge is 2.28. The first-order chi connectivity index (χ1) is 9.89. The molecule has 0 spiro atoms. The maximum absolute atomic E-state index is 12.4. The normalized spacial score (nSPS) is 17.0. The molecule has 1 amide bonds. The van der Waals surface area contributed by atoms with Crippen molar-refractivity contribution in [2.24, 2.45) is 0 Å². The van der Waals surface area contributed by atoms with Crippen molar-refractivity contribution >= 4 is 5.91 Å². The number of morpholine rings is 1. The van der Waals surface area contributed by atoms with E-state index in [4.69, 9.17) is 9.26 Å². The number of hydrogen-bond donors (Lipinski definition) is 1. The van der Waals surface area contributed by atoms with Gasteiger partial charge in [-0.1, -0.05) is 25.9 Å². The smallest absolute Gasteiger partial charge is 0.256 e. The summed E-state index contributed by atoms with van der Waals surface area (Å²) in [6.45, 7) is 12.7. The molecule has 1 aromatic rings. The molecule has 1 aliphatic heterocycles. The van der Waals surface area contributed by atoms with Gasteiger partial charge in [0.15, 0.2) is 0 Å². The number of hydrogen-bond acceptors (Lipinski definition) is 5. The lowest BCUT2D eigenvalue weighted by molar-refractivity contribution is 0.0383. The van der Waals surface area contributed by atoms with Crippen molar-refractivity contribution in [2.75, 3.05) is 39.4 Å². The average molecular weight is 295 g/mol. The van der Waals surface area contributed by atoms with Crippen LogP contribution in [0.3, 0.4) is 0 Å². The maximum Gasteiger partial charge on any atom is 0.256 e. The second-order valence-corrected chi connectivity index (χ2v) is 6.42. The fraction of sp³-hybridized carbons (Fsp3) is 0.733. The predicted molar refractivity (Wildman–Crippen MR) is 79.5 cm³/mol. The topological polar surface area (TPSA) is 67.6 Å². The van der Waals surface area contributed by atoms with Crippen molar-refractivity contribution < 1.29 is 14.1 Å². The number of amides is 1. The molecule has 1 saturated heterocycles. The highest BCUT2D eigenvalue weighted by Crippen LogP contribution is 2.26. The molecule has 0 unspecified atom stereocenters. The first-order valence-electron chi connectivity index (χ1n) is 7.44. The van der Waals surface area contributed by atoms with Crippen molar-refractivity contribution in [3.8, 4) is 0 Å². The molecule has 2 heterocycles. The number of carbonyl (C=O) groups excluding carboxylic acids is 1. The van der Waals surface area contributed by atoms with Crippen LogP contribution < -0.4 is 5.32 Å². The summed E-state index contributed by atoms with van der Waals surface area (Å²) in [4.78, 5) is 14.7. The number of rotatable bonds is 4. The summed E-state index contributed by atoms with van der Waals surface area (Å²) in [6, 6.07) is 0. The minimum Gasteiger partial charge on any atom is -0.379 e. The molecular formula is C15H25N3O3. The Balaban J connectivity index is 1.92. The molecule has 1 N–H and O–H groups in total. The van der Waals surface area contributed by atoms with Crippen LogP contribution in [0, 0.1) is 6.92 Å². The second-order valence-electron chi connectivity index (χ2n) is 6.42. The summed E-state index contributed by atoms with van der Waals surface area (Å²) in [5.41, 5.74) is 1.07. The van der Waals surface area contributed by atoms with Crippen molar-refractivity contribution in [2.45, 2.75) is 33.1 Å². The minimum absolute atomic E-state index is 0.105. The van der Waals surface area contributed by atoms with Gasteiger partial charge in [-0.25, -0.2) is 0 Å². The van der Waals surface area contributed by atoms with Gasteiger partial charge in [0.2, 0.25) is 0 Å². The SMILES string of the molecule is Cc1onc(C(C)(C)C)c1C(=O)NCCN1CCOCC1. The van der Waals surface area contributed by atoms with E-state index < -0.39 is 0 Å². The van der Waals surface area contributed by atoms with Crippen LogP contribution in [0.1, 0.15) is 42.6 Å². The standard InChI is InChI=1S/C15H25N3O3/c1-11-12(13(17-21-11)15(2,3)4)14(19)16-5-6-18-7-9-20-10-8-18/h5-10H2,1-4H3,(H,16,19). The lowest BCUT2D eigenvalue weighted by Crippen LogP contribution is -2.41. The number of carbonyl (C=O) groups is 1. The van der Waals surface area contributed by atoms with Crippen LogP contribution in [-0.4, -0.2) is 55.4 Å². The maximum atomic E-state index is 12.4. The summed E-state index contributed by atoms with van der Waals surface area (Å²) in [5, 5.41) is 7.01. The third-order valence-electron chi connectivity index (χ3n) is 3.62. The quantitative estimate of drug-likeness (QED) is 0.908. The summed E-state index contributed by atoms with van der Waals surface area (Å²) in [5.74, 6) is 0.468. The zero-order valence-electron chi connectivity index (χ0n) is 13.4. The van der Waals surface area contributed by atoms with Crippen molar-refractivity contribution in [1.82, 2.24) is 15.4 Å². The van der Waals surface area contributed by atoms with Crippen LogP contribution in [0.15, 0.2) is 4.52 Å². The van der Waals surface area contributed by atoms with E-state index in [0.29, 0.717) is 23.6 Å². The van der Waals surface area contributed by atoms with Crippen molar-refractivity contribution in [1.29, 1.82) is 0 Å². The molecule has 0 aliphatic carbocycles. The summed E-state index contributed by atoms with van der Waals surface area (Å²) < 4.78 is 10.5. The van der Waals surface area contributed by atoms with Gasteiger partial charge in [-0.15, -0.1) is 0 Å². The van der Waals surface area contributed by atoms with Crippen LogP contribution in [0.2, 0.25) is 0 Å². The number of ether oxygens (including phenoxy) is 1. The van der Waals surface area contributed by atoms with Gasteiger partial charge in [0.05, 0.1) is 13.2 Å². The Morgan fingerprint density at radius 2 is 2.00 bits per heavy atom. The molecule has 1 fully saturated rings. The third kappa shape index (κ3) is 4.04. The molecule has 6 nitrogen and oxygen atoms in total. The Morgan fingerprint density at radius 3 is 2.62 bits per heavy atom. The number of nitrogens with zero attached hydrogens (tertiary/aromatic N) is 2. The molecule has 6 heteroatoms. The van der Waals surface area contributed by atoms with E-state index in [0.717, 1.165) is 32.8 Å². The molecule has 1 aliphatic rings. The Hall–Kier alpha value is -1.40. The van der Waals surface area contributed by atoms with Gasteiger partial charge in [-0.3, -0.25) is 9.69 Å². The largest absolute Gasteiger partial charge is 0.379 e. The van der Waals surface area contributed by atoms with E-state index in [2.05, 4.69) is 15.4 Å². The van der Waals surface area contributed by atoms with E-state index in [1.807, 2.05) is 20.8 Å². The van der Waals surface area contributed by atoms with Crippen LogP contribution in [0.5, 0.6) is 0 Å². The Morgan fingerprint density at radius 1 is 1.33 bits per heavy atom. The first-order valence-corrected chi connectivity index (χ1v) is 7.44. The number of nitrogens with one attached hydrogen (secondary N) is 1. The summed E-state index contributed by atoms with van der Waals surface area (Å²) >= 11 is 0. The zero-order valence-corrected chi connectivity index (χ0v) is 13.4. The predicted octanol–water partition coefficient (Wildman–Crippen LogP) is 1.34. The van der Waals surface area contributed by atoms with E-state index >= 15 is 0 Å². The van der Waals surface area contributed by atoms with Gasteiger partial charge < -0.3 is 14.6 Å². The molecule has 2 rings (SSSR count). The van der Waals surface area contributed by atoms with Gasteiger partial charge in [0, 0.05) is 31.6 Å². The minimum atomic E-state index is -0.214. The average Bonchev–Trinajstić information content (AvgIpc) is 2.82. The van der Waals surface area contributed by atoms with Gasteiger partial charge in [-0.2, -0.15) is 0 Å². The molecule has 0 bridgehead atoms. The monoisotopic (exact) mass is 295 g/mol.